The first-order valence-electron chi connectivity index (χ1n) is 9.33. The number of ether oxygens (including phenoxy) is 1. The number of anilines is 1. The zero-order valence-electron chi connectivity index (χ0n) is 16.5. The molecule has 1 aromatic carbocycles. The quantitative estimate of drug-likeness (QED) is 0.448. The standard InChI is InChI=1S/C18H16F7N3O3S2/c19-16(20,17(21,22)23)18(24,25)33-11-3-1-2-10(8-11)26-13(29)9-12-14(30)27-15(32-12)28-4-6-31-7-5-28/h1-3,8,12H,4-7,9H2,(H,26,29)/t12-/m0/s1. The lowest BCUT2D eigenvalue weighted by molar-refractivity contribution is -0.330. The number of hydrogen-bond donors (Lipinski definition) is 1. The summed E-state index contributed by atoms with van der Waals surface area (Å²) in [6, 6.07) is 4.08. The molecule has 2 amide bonds. The van der Waals surface area contributed by atoms with E-state index in [-0.39, 0.29) is 12.1 Å². The maximum absolute atomic E-state index is 13.6. The Hall–Kier alpha value is -2.00. The highest BCUT2D eigenvalue weighted by Crippen LogP contribution is 2.53. The number of carbonyl (C=O) groups is 2. The molecule has 0 bridgehead atoms. The summed E-state index contributed by atoms with van der Waals surface area (Å²) < 4.78 is 95.6. The Labute approximate surface area is 191 Å². The van der Waals surface area contributed by atoms with E-state index in [1.54, 1.807) is 0 Å². The Balaban J connectivity index is 1.59. The molecule has 0 aromatic heterocycles. The van der Waals surface area contributed by atoms with Crippen LogP contribution in [0.4, 0.5) is 36.4 Å². The second kappa shape index (κ2) is 9.70. The molecular formula is C18H16F7N3O3S2. The van der Waals surface area contributed by atoms with Crippen LogP contribution < -0.4 is 5.32 Å². The number of nitrogens with one attached hydrogen (secondary N) is 1. The van der Waals surface area contributed by atoms with Gasteiger partial charge in [0.25, 0.3) is 5.91 Å². The van der Waals surface area contributed by atoms with Gasteiger partial charge in [0.2, 0.25) is 5.91 Å². The molecule has 15 heteroatoms. The SMILES string of the molecule is O=C(C[C@@H]1SC(N2CCOCC2)=NC1=O)Nc1cccc(SC(F)(F)C(F)(F)C(F)(F)F)c1. The summed E-state index contributed by atoms with van der Waals surface area (Å²) in [5, 5.41) is -3.50. The van der Waals surface area contributed by atoms with Crippen LogP contribution in [0.5, 0.6) is 0 Å². The molecule has 1 aromatic rings. The van der Waals surface area contributed by atoms with E-state index >= 15 is 0 Å². The van der Waals surface area contributed by atoms with Crippen molar-refractivity contribution in [3.8, 4) is 0 Å². The fourth-order valence-corrected chi connectivity index (χ4v) is 4.78. The zero-order valence-corrected chi connectivity index (χ0v) is 18.1. The summed E-state index contributed by atoms with van der Waals surface area (Å²) >= 11 is 0.120. The molecule has 33 heavy (non-hydrogen) atoms. The van der Waals surface area contributed by atoms with E-state index in [1.165, 1.54) is 6.07 Å². The molecule has 0 unspecified atom stereocenters. The van der Waals surface area contributed by atoms with Crippen molar-refractivity contribution in [1.29, 1.82) is 0 Å². The summed E-state index contributed by atoms with van der Waals surface area (Å²) in [7, 11) is 0. The lowest BCUT2D eigenvalue weighted by atomic mass is 10.2. The fourth-order valence-electron chi connectivity index (χ4n) is 2.79. The molecule has 1 saturated heterocycles. The number of amidine groups is 1. The van der Waals surface area contributed by atoms with Gasteiger partial charge in [-0.1, -0.05) is 17.8 Å². The second-order valence-corrected chi connectivity index (χ2v) is 9.27. The third kappa shape index (κ3) is 5.93. The number of nitrogens with zero attached hydrogens (tertiary/aromatic N) is 2. The van der Waals surface area contributed by atoms with E-state index < -0.39 is 51.1 Å². The van der Waals surface area contributed by atoms with Crippen LogP contribution in [0.2, 0.25) is 0 Å². The Morgan fingerprint density at radius 2 is 1.85 bits per heavy atom. The number of rotatable bonds is 6. The normalized spacial score (nSPS) is 20.1. The molecule has 6 nitrogen and oxygen atoms in total. The highest BCUT2D eigenvalue weighted by molar-refractivity contribution is 8.15. The molecule has 1 N–H and O–H groups in total. The summed E-state index contributed by atoms with van der Waals surface area (Å²) in [6.45, 7) is 2.03. The van der Waals surface area contributed by atoms with Crippen molar-refractivity contribution >= 4 is 46.2 Å². The third-order valence-electron chi connectivity index (χ3n) is 4.47. The molecule has 0 radical (unpaired) electrons. The smallest absolute Gasteiger partial charge is 0.378 e. The van der Waals surface area contributed by atoms with E-state index in [4.69, 9.17) is 4.74 Å². The minimum atomic E-state index is -6.44. The summed E-state index contributed by atoms with van der Waals surface area (Å²) in [6.07, 6.45) is -6.75. The van der Waals surface area contributed by atoms with E-state index in [0.717, 1.165) is 30.0 Å². The summed E-state index contributed by atoms with van der Waals surface area (Å²) in [4.78, 5) is 29.6. The van der Waals surface area contributed by atoms with Crippen LogP contribution in [0.25, 0.3) is 0 Å². The van der Waals surface area contributed by atoms with Gasteiger partial charge in [-0.15, -0.1) is 0 Å². The molecule has 0 saturated carbocycles. The monoisotopic (exact) mass is 519 g/mol. The molecule has 1 fully saturated rings. The highest BCUT2D eigenvalue weighted by Gasteiger charge is 2.73. The molecule has 0 aliphatic carbocycles. The van der Waals surface area contributed by atoms with Crippen LogP contribution in [-0.2, 0) is 14.3 Å². The average Bonchev–Trinajstić information content (AvgIpc) is 3.08. The van der Waals surface area contributed by atoms with Crippen LogP contribution in [0.1, 0.15) is 6.42 Å². The Morgan fingerprint density at radius 3 is 2.48 bits per heavy atom. The zero-order chi connectivity index (χ0) is 24.4. The molecule has 3 rings (SSSR count). The molecular weight excluding hydrogens is 503 g/mol. The number of carbonyl (C=O) groups excluding carboxylic acids is 2. The molecule has 2 heterocycles. The topological polar surface area (TPSA) is 71.0 Å². The van der Waals surface area contributed by atoms with E-state index in [2.05, 4.69) is 10.3 Å². The highest BCUT2D eigenvalue weighted by atomic mass is 32.2. The van der Waals surface area contributed by atoms with Gasteiger partial charge in [0, 0.05) is 30.1 Å². The van der Waals surface area contributed by atoms with Crippen molar-refractivity contribution in [2.75, 3.05) is 31.6 Å². The second-order valence-electron chi connectivity index (χ2n) is 6.91. The number of morpholine rings is 1. The Morgan fingerprint density at radius 1 is 1.18 bits per heavy atom. The maximum atomic E-state index is 13.6. The van der Waals surface area contributed by atoms with Gasteiger partial charge in [-0.2, -0.15) is 35.7 Å². The largest absolute Gasteiger partial charge is 0.460 e. The molecule has 1 atom stereocenters. The summed E-state index contributed by atoms with van der Waals surface area (Å²) in [5.74, 6) is -7.47. The predicted octanol–water partition coefficient (Wildman–Crippen LogP) is 4.23. The van der Waals surface area contributed by atoms with Crippen LogP contribution >= 0.6 is 23.5 Å². The Bertz CT molecular complexity index is 937. The Kier molecular flexibility index (Phi) is 7.53. The fraction of sp³-hybridized carbons (Fsp3) is 0.500. The van der Waals surface area contributed by atoms with Gasteiger partial charge in [0.05, 0.1) is 13.2 Å². The molecule has 2 aliphatic rings. The van der Waals surface area contributed by atoms with Crippen LogP contribution in [0.3, 0.4) is 0 Å². The lowest BCUT2D eigenvalue weighted by Crippen LogP contribution is -2.49. The number of thioether (sulfide) groups is 2. The van der Waals surface area contributed by atoms with Gasteiger partial charge in [0.1, 0.15) is 5.25 Å². The van der Waals surface area contributed by atoms with Crippen molar-refractivity contribution in [2.24, 2.45) is 4.99 Å². The predicted molar refractivity (Wildman–Crippen MR) is 108 cm³/mol. The molecule has 0 spiro atoms. The number of hydrogen-bond acceptors (Lipinski definition) is 6. The first-order chi connectivity index (χ1) is 15.3. The van der Waals surface area contributed by atoms with Crippen LogP contribution in [0, 0.1) is 0 Å². The van der Waals surface area contributed by atoms with Gasteiger partial charge in [-0.25, -0.2) is 0 Å². The van der Waals surface area contributed by atoms with Crippen molar-refractivity contribution < 1.29 is 45.1 Å². The number of amides is 2. The maximum Gasteiger partial charge on any atom is 0.460 e. The van der Waals surface area contributed by atoms with Gasteiger partial charge in [0.15, 0.2) is 5.17 Å². The number of aliphatic imine (C=N–C) groups is 1. The van der Waals surface area contributed by atoms with Gasteiger partial charge in [-0.05, 0) is 30.0 Å². The van der Waals surface area contributed by atoms with Gasteiger partial charge >= 0.3 is 17.4 Å². The van der Waals surface area contributed by atoms with Crippen molar-refractivity contribution in [1.82, 2.24) is 4.90 Å². The van der Waals surface area contributed by atoms with Crippen molar-refractivity contribution in [3.63, 3.8) is 0 Å². The van der Waals surface area contributed by atoms with E-state index in [9.17, 15) is 40.3 Å². The third-order valence-corrected chi connectivity index (χ3v) is 6.68. The molecule has 182 valence electrons. The van der Waals surface area contributed by atoms with E-state index in [1.807, 2.05) is 4.90 Å². The average molecular weight is 519 g/mol. The van der Waals surface area contributed by atoms with Crippen molar-refractivity contribution in [2.45, 2.75) is 33.9 Å². The number of alkyl halides is 7. The van der Waals surface area contributed by atoms with Crippen LogP contribution in [0.15, 0.2) is 34.2 Å². The van der Waals surface area contributed by atoms with Crippen molar-refractivity contribution in [3.05, 3.63) is 24.3 Å². The first kappa shape index (κ1) is 25.6. The summed E-state index contributed by atoms with van der Waals surface area (Å²) in [5.41, 5.74) is -0.110. The lowest BCUT2D eigenvalue weighted by Gasteiger charge is -2.27. The van der Waals surface area contributed by atoms with Crippen LogP contribution in [-0.4, -0.2) is 70.8 Å². The van der Waals surface area contributed by atoms with E-state index in [0.29, 0.717) is 31.5 Å². The van der Waals surface area contributed by atoms with Gasteiger partial charge < -0.3 is 15.0 Å². The minimum Gasteiger partial charge on any atom is -0.378 e. The first-order valence-corrected chi connectivity index (χ1v) is 11.0. The molecule has 2 aliphatic heterocycles. The number of halogens is 7. The van der Waals surface area contributed by atoms with Gasteiger partial charge in [-0.3, -0.25) is 9.59 Å². The minimum absolute atomic E-state index is 0.110. The number of benzene rings is 1.